The molecule has 4 N–H and O–H groups in total. The molecule has 0 saturated carbocycles. The molecule has 4 aromatic rings. The maximum atomic E-state index is 15.0. The van der Waals surface area contributed by atoms with Crippen molar-refractivity contribution in [2.45, 2.75) is 24.6 Å². The molecule has 0 spiro atoms. The smallest absolute Gasteiger partial charge is 0.173 e. The van der Waals surface area contributed by atoms with Crippen LogP contribution >= 0.6 is 15.9 Å². The highest BCUT2D eigenvalue weighted by Gasteiger charge is 2.46. The molecule has 1 fully saturated rings. The number of nitrogen functional groups attached to an aromatic ring is 1. The first-order chi connectivity index (χ1) is 15.5. The molecule has 8 nitrogen and oxygen atoms in total. The summed E-state index contributed by atoms with van der Waals surface area (Å²) in [6.07, 6.45) is -1.62. The third-order valence-corrected chi connectivity index (χ3v) is 6.23. The van der Waals surface area contributed by atoms with E-state index >= 15 is 4.39 Å². The van der Waals surface area contributed by atoms with Gasteiger partial charge >= 0.3 is 0 Å². The molecule has 0 aliphatic carbocycles. The number of aliphatic hydroxyl groups excluding tert-OH is 1. The van der Waals surface area contributed by atoms with E-state index in [0.717, 1.165) is 16.7 Å². The first-order valence-corrected chi connectivity index (χ1v) is 10.8. The van der Waals surface area contributed by atoms with Crippen LogP contribution in [-0.4, -0.2) is 51.7 Å². The lowest BCUT2D eigenvalue weighted by Gasteiger charge is -2.17. The fourth-order valence-corrected chi connectivity index (χ4v) is 4.59. The van der Waals surface area contributed by atoms with Crippen molar-refractivity contribution < 1.29 is 19.0 Å². The summed E-state index contributed by atoms with van der Waals surface area (Å²) in [6.45, 7) is -0.0145. The number of nitrogens with zero attached hydrogens (tertiary/aromatic N) is 3. The molecule has 10 heteroatoms. The predicted octanol–water partition coefficient (Wildman–Crippen LogP) is 3.65. The van der Waals surface area contributed by atoms with Gasteiger partial charge in [0.25, 0.3) is 0 Å². The minimum atomic E-state index is -1.64. The lowest BCUT2D eigenvalue weighted by atomic mass is 10.1. The Bertz CT molecular complexity index is 1300. The molecule has 0 radical (unpaired) electrons. The van der Waals surface area contributed by atoms with Gasteiger partial charge in [-0.05, 0) is 46.3 Å². The summed E-state index contributed by atoms with van der Waals surface area (Å²) in [5.74, 6) is 1.63. The van der Waals surface area contributed by atoms with Crippen LogP contribution in [0.4, 0.5) is 16.0 Å². The van der Waals surface area contributed by atoms with Crippen molar-refractivity contribution in [2.24, 2.45) is 0 Å². The Hall–Kier alpha value is -2.95. The lowest BCUT2D eigenvalue weighted by Crippen LogP contribution is -2.32. The second-order valence-electron chi connectivity index (χ2n) is 7.59. The van der Waals surface area contributed by atoms with Gasteiger partial charge in [0.1, 0.15) is 36.2 Å². The Kier molecular flexibility index (Phi) is 5.36. The summed E-state index contributed by atoms with van der Waals surface area (Å²) in [7, 11) is 1.80. The zero-order valence-electron chi connectivity index (χ0n) is 17.1. The van der Waals surface area contributed by atoms with E-state index in [1.54, 1.807) is 42.2 Å². The number of anilines is 2. The van der Waals surface area contributed by atoms with Gasteiger partial charge in [0, 0.05) is 35.4 Å². The molecule has 3 aromatic heterocycles. The number of benzene rings is 1. The molecule has 1 aliphatic rings. The molecule has 32 heavy (non-hydrogen) atoms. The molecule has 1 aliphatic heterocycles. The van der Waals surface area contributed by atoms with Gasteiger partial charge in [0.15, 0.2) is 12.4 Å². The third kappa shape index (κ3) is 3.54. The van der Waals surface area contributed by atoms with Crippen LogP contribution in [0.3, 0.4) is 0 Å². The average molecular weight is 502 g/mol. The Morgan fingerprint density at radius 2 is 2.12 bits per heavy atom. The van der Waals surface area contributed by atoms with E-state index in [9.17, 15) is 5.11 Å². The third-order valence-electron chi connectivity index (χ3n) is 5.63. The molecule has 4 atom stereocenters. The summed E-state index contributed by atoms with van der Waals surface area (Å²) in [6, 6.07) is 11.1. The molecule has 166 valence electrons. The highest BCUT2D eigenvalue weighted by Crippen LogP contribution is 2.38. The van der Waals surface area contributed by atoms with E-state index < -0.39 is 24.6 Å². The molecular weight excluding hydrogens is 481 g/mol. The molecular formula is C22H21BrFN5O3. The number of pyridine rings is 2. The summed E-state index contributed by atoms with van der Waals surface area (Å²) >= 11 is 3.44. The number of ether oxygens (including phenoxy) is 2. The van der Waals surface area contributed by atoms with Crippen LogP contribution in [0.15, 0.2) is 53.3 Å². The van der Waals surface area contributed by atoms with Crippen LogP contribution in [0.25, 0.3) is 21.8 Å². The number of alkyl halides is 1. The zero-order chi connectivity index (χ0) is 22.4. The van der Waals surface area contributed by atoms with Crippen molar-refractivity contribution in [1.82, 2.24) is 14.5 Å². The molecule has 1 aromatic carbocycles. The Morgan fingerprint density at radius 1 is 1.31 bits per heavy atom. The predicted molar refractivity (Wildman–Crippen MR) is 123 cm³/mol. The van der Waals surface area contributed by atoms with E-state index in [2.05, 4.69) is 31.2 Å². The SMILES string of the molecule is CNc1ccc2ccc(OC[C@H]3O[C@@H](n4cc(Br)c5c(N)nccc54)[C@@H](F)[C@@H]3O)cc2n1. The first-order valence-electron chi connectivity index (χ1n) is 10.1. The molecule has 4 heterocycles. The van der Waals surface area contributed by atoms with E-state index in [0.29, 0.717) is 26.9 Å². The minimum absolute atomic E-state index is 0.0145. The summed E-state index contributed by atoms with van der Waals surface area (Å²) in [5, 5.41) is 15.1. The molecule has 1 saturated heterocycles. The number of hydrogen-bond acceptors (Lipinski definition) is 7. The van der Waals surface area contributed by atoms with Crippen molar-refractivity contribution >= 4 is 49.4 Å². The van der Waals surface area contributed by atoms with Gasteiger partial charge in [-0.15, -0.1) is 0 Å². The van der Waals surface area contributed by atoms with Gasteiger partial charge in [0.2, 0.25) is 0 Å². The second-order valence-corrected chi connectivity index (χ2v) is 8.44. The zero-order valence-corrected chi connectivity index (χ0v) is 18.7. The fraction of sp³-hybridized carbons (Fsp3) is 0.273. The van der Waals surface area contributed by atoms with Gasteiger partial charge in [-0.1, -0.05) is 0 Å². The summed E-state index contributed by atoms with van der Waals surface area (Å²) in [5.41, 5.74) is 7.38. The summed E-state index contributed by atoms with van der Waals surface area (Å²) in [4.78, 5) is 8.57. The maximum Gasteiger partial charge on any atom is 0.173 e. The highest BCUT2D eigenvalue weighted by atomic mass is 79.9. The lowest BCUT2D eigenvalue weighted by molar-refractivity contribution is -0.0409. The maximum absolute atomic E-state index is 15.0. The Morgan fingerprint density at radius 3 is 2.94 bits per heavy atom. The molecule has 0 amide bonds. The highest BCUT2D eigenvalue weighted by molar-refractivity contribution is 9.10. The Labute approximate surface area is 191 Å². The van der Waals surface area contributed by atoms with Gasteiger partial charge in [-0.2, -0.15) is 0 Å². The number of aliphatic hydroxyl groups is 1. The summed E-state index contributed by atoms with van der Waals surface area (Å²) < 4.78 is 29.0. The Balaban J connectivity index is 1.35. The van der Waals surface area contributed by atoms with Crippen LogP contribution in [-0.2, 0) is 4.74 Å². The molecule has 0 bridgehead atoms. The topological polar surface area (TPSA) is 107 Å². The number of halogens is 2. The van der Waals surface area contributed by atoms with Crippen LogP contribution in [0.2, 0.25) is 0 Å². The largest absolute Gasteiger partial charge is 0.491 e. The van der Waals surface area contributed by atoms with Crippen molar-refractivity contribution in [2.75, 3.05) is 24.7 Å². The van der Waals surface area contributed by atoms with E-state index in [4.69, 9.17) is 15.2 Å². The van der Waals surface area contributed by atoms with E-state index in [-0.39, 0.29) is 6.61 Å². The van der Waals surface area contributed by atoms with Gasteiger partial charge in [0.05, 0.1) is 16.4 Å². The second kappa shape index (κ2) is 8.19. The van der Waals surface area contributed by atoms with Gasteiger partial charge < -0.3 is 30.2 Å². The molecule has 5 rings (SSSR count). The van der Waals surface area contributed by atoms with Gasteiger partial charge in [-0.3, -0.25) is 0 Å². The van der Waals surface area contributed by atoms with Gasteiger partial charge in [-0.25, -0.2) is 14.4 Å². The number of fused-ring (bicyclic) bond motifs is 2. The monoisotopic (exact) mass is 501 g/mol. The fourth-order valence-electron chi connectivity index (χ4n) is 3.96. The number of aromatic nitrogens is 3. The van der Waals surface area contributed by atoms with Crippen molar-refractivity contribution in [3.05, 3.63) is 53.3 Å². The van der Waals surface area contributed by atoms with Crippen molar-refractivity contribution in [3.63, 3.8) is 0 Å². The minimum Gasteiger partial charge on any atom is -0.491 e. The first kappa shape index (κ1) is 20.9. The number of hydrogen-bond donors (Lipinski definition) is 3. The standard InChI is InChI=1S/C22H21BrFN5O3/c1-26-17-5-3-11-2-4-12(8-14(11)28-17)31-10-16-20(30)19(24)22(32-16)29-9-13(23)18-15(29)6-7-27-21(18)25/h2-9,16,19-20,22,30H,10H2,1H3,(H2,25,27)(H,26,28)/t16-,19+,20-,22-/m1/s1. The van der Waals surface area contributed by atoms with Crippen LogP contribution in [0.5, 0.6) is 5.75 Å². The number of nitrogens with two attached hydrogens (primary N) is 1. The van der Waals surface area contributed by atoms with Crippen LogP contribution in [0, 0.1) is 0 Å². The van der Waals surface area contributed by atoms with Crippen LogP contribution in [0.1, 0.15) is 6.23 Å². The van der Waals surface area contributed by atoms with Crippen LogP contribution < -0.4 is 15.8 Å². The quantitative estimate of drug-likeness (QED) is 0.383. The normalized spacial score (nSPS) is 23.1. The van der Waals surface area contributed by atoms with E-state index in [1.807, 2.05) is 18.2 Å². The number of rotatable bonds is 5. The van der Waals surface area contributed by atoms with Crippen molar-refractivity contribution in [1.29, 1.82) is 0 Å². The average Bonchev–Trinajstić information content (AvgIpc) is 3.28. The molecule has 0 unspecified atom stereocenters. The number of nitrogens with one attached hydrogen (secondary N) is 1. The van der Waals surface area contributed by atoms with E-state index in [1.165, 1.54) is 0 Å². The van der Waals surface area contributed by atoms with Crippen molar-refractivity contribution in [3.8, 4) is 5.75 Å².